The van der Waals surface area contributed by atoms with Crippen molar-refractivity contribution in [1.82, 2.24) is 0 Å². The lowest BCUT2D eigenvalue weighted by atomic mass is 9.87. The van der Waals surface area contributed by atoms with Gasteiger partial charge in [-0.15, -0.1) is 15.3 Å². The van der Waals surface area contributed by atoms with E-state index in [-0.39, 0.29) is 5.04 Å². The summed E-state index contributed by atoms with van der Waals surface area (Å²) in [5.41, 5.74) is 1.95. The van der Waals surface area contributed by atoms with E-state index < -0.39 is 7.42 Å². The van der Waals surface area contributed by atoms with Gasteiger partial charge in [0.1, 0.15) is 7.42 Å². The number of hydrogen-bond acceptors (Lipinski definition) is 0. The smallest absolute Gasteiger partial charge is 0.128 e. The van der Waals surface area contributed by atoms with Crippen molar-refractivity contribution in [2.75, 3.05) is 0 Å². The van der Waals surface area contributed by atoms with Crippen molar-refractivity contribution in [3.8, 4) is 0 Å². The minimum atomic E-state index is -0.548. The maximum absolute atomic E-state index is 4.02. The molecule has 0 bridgehead atoms. The van der Waals surface area contributed by atoms with E-state index in [0.717, 1.165) is 0 Å². The fourth-order valence-corrected chi connectivity index (χ4v) is 5.23. The fourth-order valence-electron chi connectivity index (χ4n) is 1.95. The molecule has 0 saturated heterocycles. The highest BCUT2D eigenvalue weighted by atomic mass is 79.9. The number of halogens is 1. The van der Waals surface area contributed by atoms with Gasteiger partial charge in [0.15, 0.2) is 0 Å². The van der Waals surface area contributed by atoms with Crippen LogP contribution in [0.2, 0.25) is 6.04 Å². The van der Waals surface area contributed by atoms with Crippen LogP contribution in [-0.2, 0) is 5.04 Å². The zero-order valence-corrected chi connectivity index (χ0v) is 15.0. The lowest BCUT2D eigenvalue weighted by Crippen LogP contribution is -2.34. The molecule has 0 spiro atoms. The quantitative estimate of drug-likeness (QED) is 0.463. The highest BCUT2D eigenvalue weighted by Gasteiger charge is 2.32. The van der Waals surface area contributed by atoms with Crippen LogP contribution in [0.25, 0.3) is 0 Å². The molecule has 1 radical (unpaired) electrons. The molecule has 0 atom stereocenters. The first-order chi connectivity index (χ1) is 8.29. The van der Waals surface area contributed by atoms with Crippen molar-refractivity contribution < 1.29 is 0 Å². The van der Waals surface area contributed by atoms with E-state index in [1.54, 1.807) is 0 Å². The molecule has 1 rings (SSSR count). The summed E-state index contributed by atoms with van der Waals surface area (Å²) in [6, 6.07) is 12.2. The molecule has 0 heterocycles. The number of benzene rings is 1. The normalized spacial score (nSPS) is 13.1. The molecule has 1 aromatic carbocycles. The van der Waals surface area contributed by atoms with E-state index in [2.05, 4.69) is 80.2 Å². The highest BCUT2D eigenvalue weighted by Crippen LogP contribution is 2.35. The minimum Gasteiger partial charge on any atom is -0.128 e. The summed E-state index contributed by atoms with van der Waals surface area (Å²) >= 11 is 4.02. The Kier molecular flexibility index (Phi) is 5.66. The molecule has 0 fully saturated rings. The lowest BCUT2D eigenvalue weighted by Gasteiger charge is -2.32. The van der Waals surface area contributed by atoms with Gasteiger partial charge in [-0.3, -0.25) is 0 Å². The van der Waals surface area contributed by atoms with Gasteiger partial charge in [0, 0.05) is 0 Å². The third-order valence-corrected chi connectivity index (χ3v) is 10.6. The van der Waals surface area contributed by atoms with Crippen molar-refractivity contribution in [2.24, 2.45) is 5.41 Å². The van der Waals surface area contributed by atoms with Crippen LogP contribution in [0.1, 0.15) is 53.0 Å². The van der Waals surface area contributed by atoms with E-state index >= 15 is 0 Å². The minimum absolute atomic E-state index is 0.287. The summed E-state index contributed by atoms with van der Waals surface area (Å²) < 4.78 is 0. The first-order valence-corrected chi connectivity index (χ1v) is 10.8. The van der Waals surface area contributed by atoms with Crippen molar-refractivity contribution in [3.05, 3.63) is 35.9 Å². The first kappa shape index (κ1) is 16.0. The summed E-state index contributed by atoms with van der Waals surface area (Å²) in [6.45, 7) is 11.8. The van der Waals surface area contributed by atoms with Gasteiger partial charge in [0.05, 0.1) is 0 Å². The van der Waals surface area contributed by atoms with Crippen LogP contribution in [0.5, 0.6) is 0 Å². The van der Waals surface area contributed by atoms with Gasteiger partial charge in [-0.05, 0) is 28.5 Å². The summed E-state index contributed by atoms with van der Waals surface area (Å²) in [4.78, 5) is 0. The Balaban J connectivity index is 2.69. The van der Waals surface area contributed by atoms with Gasteiger partial charge in [-0.1, -0.05) is 71.4 Å². The van der Waals surface area contributed by atoms with Gasteiger partial charge < -0.3 is 0 Å². The molecule has 0 aromatic heterocycles. The molecule has 18 heavy (non-hydrogen) atoms. The van der Waals surface area contributed by atoms with Crippen molar-refractivity contribution >= 4 is 22.7 Å². The molecular weight excluding hydrogens is 300 g/mol. The van der Waals surface area contributed by atoms with E-state index in [0.29, 0.717) is 5.41 Å². The highest BCUT2D eigenvalue weighted by molar-refractivity contribution is 9.24. The predicted molar refractivity (Wildman–Crippen MR) is 87.6 cm³/mol. The van der Waals surface area contributed by atoms with Gasteiger partial charge in [-0.2, -0.15) is 0 Å². The Hall–Kier alpha value is -0.0831. The second kappa shape index (κ2) is 6.38. The van der Waals surface area contributed by atoms with Crippen LogP contribution in [0.3, 0.4) is 0 Å². The monoisotopic (exact) mass is 325 g/mol. The second-order valence-electron chi connectivity index (χ2n) is 6.41. The average molecular weight is 326 g/mol. The van der Waals surface area contributed by atoms with Gasteiger partial charge in [0.2, 0.25) is 0 Å². The number of rotatable bonds is 6. The van der Waals surface area contributed by atoms with Crippen LogP contribution < -0.4 is 0 Å². The fraction of sp³-hybridized carbons (Fsp3) is 0.625. The summed E-state index contributed by atoms with van der Waals surface area (Å²) in [6.07, 6.45) is 2.58. The van der Waals surface area contributed by atoms with Gasteiger partial charge in [-0.25, -0.2) is 0 Å². The van der Waals surface area contributed by atoms with E-state index in [4.69, 9.17) is 0 Å². The molecule has 2 heteroatoms. The summed E-state index contributed by atoms with van der Waals surface area (Å²) in [5.74, 6) is 0. The molecule has 0 unspecified atom stereocenters. The Morgan fingerprint density at radius 3 is 2.11 bits per heavy atom. The third-order valence-electron chi connectivity index (χ3n) is 4.15. The maximum Gasteiger partial charge on any atom is 0.145 e. The molecule has 0 N–H and O–H groups in total. The molecular formula is C16H26BrSi. The van der Waals surface area contributed by atoms with Gasteiger partial charge in [0.25, 0.3) is 0 Å². The van der Waals surface area contributed by atoms with E-state index in [1.807, 2.05) is 0 Å². The lowest BCUT2D eigenvalue weighted by molar-refractivity contribution is 0.336. The van der Waals surface area contributed by atoms with Crippen LogP contribution >= 0.6 is 15.3 Å². The van der Waals surface area contributed by atoms with Crippen LogP contribution in [0.15, 0.2) is 30.3 Å². The molecule has 0 amide bonds. The zero-order chi connectivity index (χ0) is 13.8. The zero-order valence-electron chi connectivity index (χ0n) is 12.4. The maximum atomic E-state index is 4.02. The van der Waals surface area contributed by atoms with Gasteiger partial charge >= 0.3 is 0 Å². The second-order valence-corrected chi connectivity index (χ2v) is 11.8. The molecule has 0 aliphatic heterocycles. The Morgan fingerprint density at radius 1 is 1.06 bits per heavy atom. The van der Waals surface area contributed by atoms with Crippen molar-refractivity contribution in [1.29, 1.82) is 0 Å². The summed E-state index contributed by atoms with van der Waals surface area (Å²) in [7, 11) is -0.548. The van der Waals surface area contributed by atoms with Crippen molar-refractivity contribution in [3.63, 3.8) is 0 Å². The average Bonchev–Trinajstić information content (AvgIpc) is 2.37. The molecule has 0 saturated carbocycles. The third kappa shape index (κ3) is 4.24. The topological polar surface area (TPSA) is 0 Å². The first-order valence-electron chi connectivity index (χ1n) is 6.87. The van der Waals surface area contributed by atoms with Crippen molar-refractivity contribution in [2.45, 2.75) is 58.5 Å². The van der Waals surface area contributed by atoms with Crippen LogP contribution in [-0.4, -0.2) is 7.42 Å². The molecule has 0 aliphatic carbocycles. The Bertz CT molecular complexity index is 357. The SMILES string of the molecule is CCC(C)(C)CC[Si](Br)C(C)(C)c1ccccc1. The Morgan fingerprint density at radius 2 is 1.61 bits per heavy atom. The molecule has 101 valence electrons. The summed E-state index contributed by atoms with van der Waals surface area (Å²) in [5, 5.41) is 0.287. The largest absolute Gasteiger partial charge is 0.145 e. The van der Waals surface area contributed by atoms with Crippen LogP contribution in [0, 0.1) is 5.41 Å². The Labute approximate surface area is 122 Å². The standard InChI is InChI=1S/C16H26BrSi/c1-6-15(2,3)12-13-18(17)16(4,5)14-10-8-7-9-11-14/h7-11H,6,12-13H2,1-5H3. The molecule has 1 aromatic rings. The number of hydrogen-bond donors (Lipinski definition) is 0. The molecule has 0 nitrogen and oxygen atoms in total. The van der Waals surface area contributed by atoms with Crippen LogP contribution in [0.4, 0.5) is 0 Å². The molecule has 0 aliphatic rings. The predicted octanol–water partition coefficient (Wildman–Crippen LogP) is 5.72. The van der Waals surface area contributed by atoms with E-state index in [1.165, 1.54) is 24.4 Å². The van der Waals surface area contributed by atoms with E-state index in [9.17, 15) is 0 Å².